The summed E-state index contributed by atoms with van der Waals surface area (Å²) in [7, 11) is 0. The van der Waals surface area contributed by atoms with E-state index in [1.54, 1.807) is 0 Å². The Morgan fingerprint density at radius 3 is 2.89 bits per heavy atom. The Bertz CT molecular complexity index is 375. The maximum atomic E-state index is 5.72. The van der Waals surface area contributed by atoms with Crippen molar-refractivity contribution in [3.8, 4) is 0 Å². The van der Waals surface area contributed by atoms with E-state index in [9.17, 15) is 0 Å². The summed E-state index contributed by atoms with van der Waals surface area (Å²) in [5.41, 5.74) is 1.23. The van der Waals surface area contributed by atoms with Gasteiger partial charge in [0.2, 0.25) is 0 Å². The predicted octanol–water partition coefficient (Wildman–Crippen LogP) is 2.12. The van der Waals surface area contributed by atoms with Gasteiger partial charge in [-0.05, 0) is 32.4 Å². The molecule has 0 unspecified atom stereocenters. The van der Waals surface area contributed by atoms with Crippen LogP contribution in [0.25, 0.3) is 0 Å². The van der Waals surface area contributed by atoms with Gasteiger partial charge >= 0.3 is 0 Å². The number of anilines is 1. The van der Waals surface area contributed by atoms with Crippen molar-refractivity contribution in [3.63, 3.8) is 0 Å². The molecule has 0 amide bonds. The molecule has 0 atom stereocenters. The van der Waals surface area contributed by atoms with Crippen LogP contribution in [0.3, 0.4) is 0 Å². The monoisotopic (exact) mass is 249 g/mol. The Kier molecular flexibility index (Phi) is 4.19. The van der Waals surface area contributed by atoms with Crippen LogP contribution in [-0.2, 0) is 11.3 Å². The Morgan fingerprint density at radius 2 is 2.28 bits per heavy atom. The van der Waals surface area contributed by atoms with Gasteiger partial charge in [0.15, 0.2) is 0 Å². The molecule has 4 nitrogen and oxygen atoms in total. The number of nitrogens with one attached hydrogen (secondary N) is 1. The van der Waals surface area contributed by atoms with E-state index in [0.29, 0.717) is 0 Å². The molecule has 0 saturated carbocycles. The van der Waals surface area contributed by atoms with Crippen molar-refractivity contribution in [2.24, 2.45) is 0 Å². The first-order valence-corrected chi connectivity index (χ1v) is 6.64. The Hall–Kier alpha value is -1.13. The first-order valence-electron chi connectivity index (χ1n) is 6.64. The van der Waals surface area contributed by atoms with Crippen molar-refractivity contribution in [1.82, 2.24) is 9.88 Å². The van der Waals surface area contributed by atoms with Crippen molar-refractivity contribution >= 4 is 5.82 Å². The summed E-state index contributed by atoms with van der Waals surface area (Å²) in [6.07, 6.45) is 1.96. The first-order chi connectivity index (χ1) is 8.59. The zero-order valence-electron chi connectivity index (χ0n) is 11.6. The van der Waals surface area contributed by atoms with Crippen LogP contribution < -0.4 is 5.32 Å². The van der Waals surface area contributed by atoms with Gasteiger partial charge in [0.25, 0.3) is 0 Å². The number of hydrogen-bond donors (Lipinski definition) is 1. The van der Waals surface area contributed by atoms with Crippen molar-refractivity contribution < 1.29 is 4.74 Å². The lowest BCUT2D eigenvalue weighted by molar-refractivity contribution is -0.0882. The van der Waals surface area contributed by atoms with Crippen LogP contribution in [0.15, 0.2) is 18.3 Å². The SMILES string of the molecule is CCNc1ccc(CN2CCOC(C)(C)C2)cn1. The summed E-state index contributed by atoms with van der Waals surface area (Å²) in [5.74, 6) is 0.948. The summed E-state index contributed by atoms with van der Waals surface area (Å²) in [4.78, 5) is 6.83. The molecule has 1 saturated heterocycles. The zero-order valence-corrected chi connectivity index (χ0v) is 11.6. The van der Waals surface area contributed by atoms with Gasteiger partial charge in [-0.2, -0.15) is 0 Å². The summed E-state index contributed by atoms with van der Waals surface area (Å²) >= 11 is 0. The van der Waals surface area contributed by atoms with E-state index in [2.05, 4.69) is 42.0 Å². The van der Waals surface area contributed by atoms with E-state index in [-0.39, 0.29) is 5.60 Å². The minimum Gasteiger partial charge on any atom is -0.373 e. The predicted molar refractivity (Wildman–Crippen MR) is 73.7 cm³/mol. The third kappa shape index (κ3) is 3.68. The topological polar surface area (TPSA) is 37.4 Å². The van der Waals surface area contributed by atoms with Gasteiger partial charge < -0.3 is 10.1 Å². The molecule has 0 aliphatic carbocycles. The fraction of sp³-hybridized carbons (Fsp3) is 0.643. The molecular formula is C14H23N3O. The second kappa shape index (κ2) is 5.67. The number of nitrogens with zero attached hydrogens (tertiary/aromatic N) is 2. The second-order valence-corrected chi connectivity index (χ2v) is 5.40. The van der Waals surface area contributed by atoms with Gasteiger partial charge in [0.05, 0.1) is 12.2 Å². The first kappa shape index (κ1) is 13.3. The highest BCUT2D eigenvalue weighted by Gasteiger charge is 2.26. The minimum atomic E-state index is -0.0324. The van der Waals surface area contributed by atoms with Gasteiger partial charge in [-0.15, -0.1) is 0 Å². The third-order valence-electron chi connectivity index (χ3n) is 3.09. The van der Waals surface area contributed by atoms with Gasteiger partial charge in [-0.3, -0.25) is 4.90 Å². The van der Waals surface area contributed by atoms with Gasteiger partial charge in [-0.1, -0.05) is 6.07 Å². The smallest absolute Gasteiger partial charge is 0.125 e. The van der Waals surface area contributed by atoms with E-state index in [1.807, 2.05) is 12.3 Å². The van der Waals surface area contributed by atoms with Crippen LogP contribution >= 0.6 is 0 Å². The molecule has 0 bridgehead atoms. The molecule has 1 aromatic heterocycles. The molecule has 1 N–H and O–H groups in total. The molecular weight excluding hydrogens is 226 g/mol. The quantitative estimate of drug-likeness (QED) is 0.887. The fourth-order valence-corrected chi connectivity index (χ4v) is 2.31. The van der Waals surface area contributed by atoms with Crippen LogP contribution in [-0.4, -0.2) is 41.7 Å². The normalized spacial score (nSPS) is 19.7. The number of aromatic nitrogens is 1. The van der Waals surface area contributed by atoms with Crippen molar-refractivity contribution in [3.05, 3.63) is 23.9 Å². The highest BCUT2D eigenvalue weighted by Crippen LogP contribution is 2.18. The Morgan fingerprint density at radius 1 is 1.44 bits per heavy atom. The lowest BCUT2D eigenvalue weighted by Gasteiger charge is -2.38. The van der Waals surface area contributed by atoms with Gasteiger partial charge in [0.1, 0.15) is 5.82 Å². The second-order valence-electron chi connectivity index (χ2n) is 5.40. The molecule has 0 spiro atoms. The van der Waals surface area contributed by atoms with Crippen LogP contribution in [0.4, 0.5) is 5.82 Å². The van der Waals surface area contributed by atoms with E-state index in [4.69, 9.17) is 4.74 Å². The highest BCUT2D eigenvalue weighted by molar-refractivity contribution is 5.35. The highest BCUT2D eigenvalue weighted by atomic mass is 16.5. The molecule has 1 fully saturated rings. The summed E-state index contributed by atoms with van der Waals surface area (Å²) in [5, 5.41) is 3.21. The van der Waals surface area contributed by atoms with Gasteiger partial charge in [0, 0.05) is 32.4 Å². The Balaban J connectivity index is 1.92. The molecule has 0 radical (unpaired) electrons. The van der Waals surface area contributed by atoms with E-state index in [0.717, 1.165) is 38.6 Å². The molecule has 1 aromatic rings. The van der Waals surface area contributed by atoms with Crippen LogP contribution in [0.1, 0.15) is 26.3 Å². The standard InChI is InChI=1S/C14H23N3O/c1-4-15-13-6-5-12(9-16-13)10-17-7-8-18-14(2,3)11-17/h5-6,9H,4,7-8,10-11H2,1-3H3,(H,15,16). The summed E-state index contributed by atoms with van der Waals surface area (Å²) in [6.45, 7) is 11.0. The summed E-state index contributed by atoms with van der Waals surface area (Å²) in [6, 6.07) is 4.19. The molecule has 0 aromatic carbocycles. The number of pyridine rings is 1. The maximum absolute atomic E-state index is 5.72. The average molecular weight is 249 g/mol. The maximum Gasteiger partial charge on any atom is 0.125 e. The lowest BCUT2D eigenvalue weighted by Crippen LogP contribution is -2.47. The number of hydrogen-bond acceptors (Lipinski definition) is 4. The average Bonchev–Trinajstić information content (AvgIpc) is 2.31. The van der Waals surface area contributed by atoms with Crippen LogP contribution in [0.5, 0.6) is 0 Å². The number of rotatable bonds is 4. The third-order valence-corrected chi connectivity index (χ3v) is 3.09. The van der Waals surface area contributed by atoms with E-state index >= 15 is 0 Å². The fourth-order valence-electron chi connectivity index (χ4n) is 2.31. The van der Waals surface area contributed by atoms with Crippen LogP contribution in [0, 0.1) is 0 Å². The van der Waals surface area contributed by atoms with Crippen LogP contribution in [0.2, 0.25) is 0 Å². The number of ether oxygens (including phenoxy) is 1. The molecule has 1 aliphatic heterocycles. The Labute approximate surface area is 109 Å². The molecule has 2 heterocycles. The van der Waals surface area contributed by atoms with Gasteiger partial charge in [-0.25, -0.2) is 4.98 Å². The summed E-state index contributed by atoms with van der Waals surface area (Å²) < 4.78 is 5.72. The zero-order chi connectivity index (χ0) is 13.0. The molecule has 18 heavy (non-hydrogen) atoms. The number of morpholine rings is 1. The van der Waals surface area contributed by atoms with E-state index in [1.165, 1.54) is 5.56 Å². The minimum absolute atomic E-state index is 0.0324. The molecule has 1 aliphatic rings. The van der Waals surface area contributed by atoms with Crippen molar-refractivity contribution in [2.45, 2.75) is 32.9 Å². The van der Waals surface area contributed by atoms with Crippen molar-refractivity contribution in [1.29, 1.82) is 0 Å². The molecule has 4 heteroatoms. The lowest BCUT2D eigenvalue weighted by atomic mass is 10.1. The van der Waals surface area contributed by atoms with Crippen molar-refractivity contribution in [2.75, 3.05) is 31.6 Å². The molecule has 100 valence electrons. The molecule has 2 rings (SSSR count). The van der Waals surface area contributed by atoms with E-state index < -0.39 is 0 Å². The largest absolute Gasteiger partial charge is 0.373 e.